The standard InChI is InChI=1S/C24H30FN3O/c25-21-11-9-20(10-12-21)24(29)26-13-4-14-27-15-17-28(18-16-27)23-8-3-6-19-5-1-2-7-22(19)23/h1-2,5,7,9-12,23H,3-4,6,8,13-18H2,(H,26,29). The lowest BCUT2D eigenvalue weighted by Crippen LogP contribution is -2.48. The zero-order chi connectivity index (χ0) is 20.1. The van der Waals surface area contributed by atoms with Crippen LogP contribution in [0.5, 0.6) is 0 Å². The molecule has 1 saturated heterocycles. The number of amides is 1. The van der Waals surface area contributed by atoms with Gasteiger partial charge in [-0.1, -0.05) is 24.3 Å². The highest BCUT2D eigenvalue weighted by molar-refractivity contribution is 5.94. The van der Waals surface area contributed by atoms with E-state index >= 15 is 0 Å². The number of carbonyl (C=O) groups is 1. The van der Waals surface area contributed by atoms with E-state index in [-0.39, 0.29) is 11.7 Å². The first-order valence-electron chi connectivity index (χ1n) is 10.8. The number of rotatable bonds is 6. The van der Waals surface area contributed by atoms with Gasteiger partial charge in [0, 0.05) is 44.3 Å². The highest BCUT2D eigenvalue weighted by atomic mass is 19.1. The molecular weight excluding hydrogens is 365 g/mol. The van der Waals surface area contributed by atoms with Crippen LogP contribution in [0.3, 0.4) is 0 Å². The van der Waals surface area contributed by atoms with Crippen molar-refractivity contribution in [3.05, 3.63) is 71.0 Å². The van der Waals surface area contributed by atoms with Gasteiger partial charge in [0.15, 0.2) is 0 Å². The lowest BCUT2D eigenvalue weighted by Gasteiger charge is -2.41. The molecule has 0 spiro atoms. The van der Waals surface area contributed by atoms with E-state index in [9.17, 15) is 9.18 Å². The maximum atomic E-state index is 12.9. The van der Waals surface area contributed by atoms with Crippen molar-refractivity contribution in [2.75, 3.05) is 39.3 Å². The normalized spacial score (nSPS) is 20.2. The molecule has 2 aromatic carbocycles. The molecule has 1 aliphatic carbocycles. The van der Waals surface area contributed by atoms with Gasteiger partial charge in [-0.15, -0.1) is 0 Å². The minimum absolute atomic E-state index is 0.134. The van der Waals surface area contributed by atoms with E-state index in [0.29, 0.717) is 18.2 Å². The SMILES string of the molecule is O=C(NCCCN1CCN(C2CCCc3ccccc32)CC1)c1ccc(F)cc1. The van der Waals surface area contributed by atoms with E-state index in [1.807, 2.05) is 0 Å². The largest absolute Gasteiger partial charge is 0.352 e. The summed E-state index contributed by atoms with van der Waals surface area (Å²) in [5, 5.41) is 2.93. The topological polar surface area (TPSA) is 35.6 Å². The molecule has 1 N–H and O–H groups in total. The Morgan fingerprint density at radius 2 is 1.79 bits per heavy atom. The lowest BCUT2D eigenvalue weighted by atomic mass is 9.86. The van der Waals surface area contributed by atoms with Crippen molar-refractivity contribution in [3.63, 3.8) is 0 Å². The maximum Gasteiger partial charge on any atom is 0.251 e. The number of hydrogen-bond acceptors (Lipinski definition) is 3. The number of carbonyl (C=O) groups excluding carboxylic acids is 1. The summed E-state index contributed by atoms with van der Waals surface area (Å²) >= 11 is 0. The molecule has 0 radical (unpaired) electrons. The minimum Gasteiger partial charge on any atom is -0.352 e. The van der Waals surface area contributed by atoms with Gasteiger partial charge in [-0.05, 0) is 67.6 Å². The Labute approximate surface area is 172 Å². The molecule has 1 unspecified atom stereocenters. The molecular formula is C24H30FN3O. The van der Waals surface area contributed by atoms with Crippen LogP contribution >= 0.6 is 0 Å². The number of piperazine rings is 1. The number of nitrogens with one attached hydrogen (secondary N) is 1. The van der Waals surface area contributed by atoms with Gasteiger partial charge in [-0.2, -0.15) is 0 Å². The minimum atomic E-state index is -0.322. The third-order valence-electron chi connectivity index (χ3n) is 6.23. The molecule has 0 saturated carbocycles. The van der Waals surface area contributed by atoms with Crippen LogP contribution < -0.4 is 5.32 Å². The average Bonchev–Trinajstić information content (AvgIpc) is 2.77. The van der Waals surface area contributed by atoms with E-state index in [2.05, 4.69) is 39.4 Å². The fraction of sp³-hybridized carbons (Fsp3) is 0.458. The fourth-order valence-corrected chi connectivity index (χ4v) is 4.61. The van der Waals surface area contributed by atoms with Crippen molar-refractivity contribution in [1.82, 2.24) is 15.1 Å². The molecule has 2 aromatic rings. The van der Waals surface area contributed by atoms with Crippen molar-refractivity contribution in [2.45, 2.75) is 31.7 Å². The number of benzene rings is 2. The maximum absolute atomic E-state index is 12.9. The molecule has 1 amide bonds. The van der Waals surface area contributed by atoms with Gasteiger partial charge in [-0.25, -0.2) is 4.39 Å². The Hall–Kier alpha value is -2.24. The van der Waals surface area contributed by atoms with Crippen LogP contribution in [0.4, 0.5) is 4.39 Å². The van der Waals surface area contributed by atoms with Gasteiger partial charge in [0.05, 0.1) is 0 Å². The zero-order valence-corrected chi connectivity index (χ0v) is 16.9. The van der Waals surface area contributed by atoms with Crippen LogP contribution in [0.2, 0.25) is 0 Å². The molecule has 5 heteroatoms. The molecule has 1 aliphatic heterocycles. The lowest BCUT2D eigenvalue weighted by molar-refractivity contribution is 0.0861. The van der Waals surface area contributed by atoms with Crippen molar-refractivity contribution in [3.8, 4) is 0 Å². The van der Waals surface area contributed by atoms with Crippen LogP contribution in [0, 0.1) is 5.82 Å². The highest BCUT2D eigenvalue weighted by Crippen LogP contribution is 2.34. The quantitative estimate of drug-likeness (QED) is 0.759. The molecule has 1 heterocycles. The Bertz CT molecular complexity index is 815. The summed E-state index contributed by atoms with van der Waals surface area (Å²) in [4.78, 5) is 17.2. The first kappa shape index (κ1) is 20.0. The van der Waals surface area contributed by atoms with E-state index in [0.717, 1.165) is 39.1 Å². The van der Waals surface area contributed by atoms with E-state index in [1.165, 1.54) is 54.7 Å². The third kappa shape index (κ3) is 5.03. The van der Waals surface area contributed by atoms with E-state index in [1.54, 1.807) is 0 Å². The number of fused-ring (bicyclic) bond motifs is 1. The average molecular weight is 396 g/mol. The Morgan fingerprint density at radius 1 is 1.03 bits per heavy atom. The molecule has 0 aromatic heterocycles. The van der Waals surface area contributed by atoms with Crippen LogP contribution in [-0.2, 0) is 6.42 Å². The smallest absolute Gasteiger partial charge is 0.251 e. The van der Waals surface area contributed by atoms with Crippen LogP contribution in [0.25, 0.3) is 0 Å². The predicted molar refractivity (Wildman–Crippen MR) is 113 cm³/mol. The third-order valence-corrected chi connectivity index (χ3v) is 6.23. The highest BCUT2D eigenvalue weighted by Gasteiger charge is 2.28. The fourth-order valence-electron chi connectivity index (χ4n) is 4.61. The van der Waals surface area contributed by atoms with Crippen molar-refractivity contribution in [2.24, 2.45) is 0 Å². The number of halogens is 1. The van der Waals surface area contributed by atoms with Crippen molar-refractivity contribution >= 4 is 5.91 Å². The van der Waals surface area contributed by atoms with Crippen molar-refractivity contribution < 1.29 is 9.18 Å². The second-order valence-electron chi connectivity index (χ2n) is 8.10. The van der Waals surface area contributed by atoms with E-state index < -0.39 is 0 Å². The van der Waals surface area contributed by atoms with Gasteiger partial charge in [0.1, 0.15) is 5.82 Å². The second-order valence-corrected chi connectivity index (χ2v) is 8.10. The Morgan fingerprint density at radius 3 is 2.59 bits per heavy atom. The van der Waals surface area contributed by atoms with E-state index in [4.69, 9.17) is 0 Å². The van der Waals surface area contributed by atoms with Crippen LogP contribution in [-0.4, -0.2) is 55.0 Å². The molecule has 154 valence electrons. The summed E-state index contributed by atoms with van der Waals surface area (Å²) in [5.74, 6) is -0.455. The van der Waals surface area contributed by atoms with Crippen molar-refractivity contribution in [1.29, 1.82) is 0 Å². The van der Waals surface area contributed by atoms with Gasteiger partial charge < -0.3 is 10.2 Å². The predicted octanol–water partition coefficient (Wildman–Crippen LogP) is 3.64. The van der Waals surface area contributed by atoms with Crippen LogP contribution in [0.15, 0.2) is 48.5 Å². The van der Waals surface area contributed by atoms with Gasteiger partial charge in [-0.3, -0.25) is 9.69 Å². The first-order valence-corrected chi connectivity index (χ1v) is 10.8. The molecule has 1 atom stereocenters. The Kier molecular flexibility index (Phi) is 6.57. The summed E-state index contributed by atoms with van der Waals surface area (Å²) in [6, 6.07) is 15.2. The number of nitrogens with zero attached hydrogens (tertiary/aromatic N) is 2. The first-order chi connectivity index (χ1) is 14.2. The van der Waals surface area contributed by atoms with Gasteiger partial charge in [0.25, 0.3) is 5.91 Å². The second kappa shape index (κ2) is 9.51. The zero-order valence-electron chi connectivity index (χ0n) is 16.9. The molecule has 4 nitrogen and oxygen atoms in total. The van der Waals surface area contributed by atoms with Gasteiger partial charge >= 0.3 is 0 Å². The Balaban J connectivity index is 1.18. The molecule has 4 rings (SSSR count). The molecule has 2 aliphatic rings. The monoisotopic (exact) mass is 395 g/mol. The summed E-state index contributed by atoms with van der Waals surface area (Å²) in [5.41, 5.74) is 3.58. The van der Waals surface area contributed by atoms with Gasteiger partial charge in [0.2, 0.25) is 0 Å². The summed E-state index contributed by atoms with van der Waals surface area (Å²) < 4.78 is 12.9. The summed E-state index contributed by atoms with van der Waals surface area (Å²) in [6.07, 6.45) is 4.71. The molecule has 0 bridgehead atoms. The molecule has 29 heavy (non-hydrogen) atoms. The summed E-state index contributed by atoms with van der Waals surface area (Å²) in [7, 11) is 0. The summed E-state index contributed by atoms with van der Waals surface area (Å²) in [6.45, 7) is 6.04. The number of aryl methyl sites for hydroxylation is 1. The van der Waals surface area contributed by atoms with Crippen LogP contribution in [0.1, 0.15) is 46.8 Å². The number of hydrogen-bond donors (Lipinski definition) is 1. The molecule has 1 fully saturated rings.